The Morgan fingerprint density at radius 3 is 2.52 bits per heavy atom. The van der Waals surface area contributed by atoms with Gasteiger partial charge in [0.15, 0.2) is 11.5 Å². The zero-order valence-corrected chi connectivity index (χ0v) is 16.7. The van der Waals surface area contributed by atoms with Gasteiger partial charge in [0.05, 0.1) is 20.3 Å². The molecule has 0 unspecified atom stereocenters. The molecule has 0 amide bonds. The number of benzene rings is 2. The molecule has 0 N–H and O–H groups in total. The number of rotatable bonds is 9. The van der Waals surface area contributed by atoms with Gasteiger partial charge in [0, 0.05) is 12.6 Å². The van der Waals surface area contributed by atoms with Gasteiger partial charge in [-0.25, -0.2) is 0 Å². The second-order valence-electron chi connectivity index (χ2n) is 6.96. The normalized spacial score (nSPS) is 17.1. The third-order valence-corrected chi connectivity index (χ3v) is 5.02. The summed E-state index contributed by atoms with van der Waals surface area (Å²) in [6, 6.07) is 15.3. The van der Waals surface area contributed by atoms with E-state index in [2.05, 4.69) is 54.3 Å². The molecule has 4 nitrogen and oxygen atoms in total. The molecule has 0 spiro atoms. The Kier molecular flexibility index (Phi) is 6.99. The van der Waals surface area contributed by atoms with Crippen molar-refractivity contribution in [3.63, 3.8) is 0 Å². The van der Waals surface area contributed by atoms with Crippen LogP contribution >= 0.6 is 0 Å². The van der Waals surface area contributed by atoms with E-state index in [0.717, 1.165) is 36.8 Å². The lowest BCUT2D eigenvalue weighted by Crippen LogP contribution is -2.22. The van der Waals surface area contributed by atoms with E-state index in [1.807, 2.05) is 6.92 Å². The van der Waals surface area contributed by atoms with Crippen LogP contribution in [0.25, 0.3) is 0 Å². The van der Waals surface area contributed by atoms with Crippen LogP contribution < -0.4 is 14.2 Å². The first-order chi connectivity index (χ1) is 13.2. The van der Waals surface area contributed by atoms with E-state index in [1.54, 1.807) is 7.11 Å². The van der Waals surface area contributed by atoms with Crippen molar-refractivity contribution in [2.45, 2.75) is 45.7 Å². The fourth-order valence-corrected chi connectivity index (χ4v) is 3.70. The van der Waals surface area contributed by atoms with Gasteiger partial charge >= 0.3 is 0 Å². The minimum Gasteiger partial charge on any atom is -0.497 e. The first-order valence-corrected chi connectivity index (χ1v) is 10.0. The Hall–Kier alpha value is -2.20. The third-order valence-electron chi connectivity index (χ3n) is 5.02. The highest BCUT2D eigenvalue weighted by Crippen LogP contribution is 2.35. The Bertz CT molecular complexity index is 714. The molecule has 27 heavy (non-hydrogen) atoms. The zero-order valence-electron chi connectivity index (χ0n) is 16.7. The lowest BCUT2D eigenvalue weighted by atomic mass is 10.0. The van der Waals surface area contributed by atoms with Crippen LogP contribution in [0.3, 0.4) is 0 Å². The van der Waals surface area contributed by atoms with E-state index in [-0.39, 0.29) is 0 Å². The maximum absolute atomic E-state index is 5.83. The van der Waals surface area contributed by atoms with Gasteiger partial charge in [-0.1, -0.05) is 25.1 Å². The van der Waals surface area contributed by atoms with Crippen molar-refractivity contribution in [3.05, 3.63) is 53.6 Å². The predicted molar refractivity (Wildman–Crippen MR) is 109 cm³/mol. The van der Waals surface area contributed by atoms with Crippen molar-refractivity contribution in [1.82, 2.24) is 4.90 Å². The van der Waals surface area contributed by atoms with Crippen LogP contribution in [0.2, 0.25) is 0 Å². The molecular formula is C23H31NO3. The summed E-state index contributed by atoms with van der Waals surface area (Å²) in [7, 11) is 1.71. The van der Waals surface area contributed by atoms with Gasteiger partial charge in [0.1, 0.15) is 5.75 Å². The molecular weight excluding hydrogens is 338 g/mol. The summed E-state index contributed by atoms with van der Waals surface area (Å²) in [6.45, 7) is 7.52. The van der Waals surface area contributed by atoms with Crippen molar-refractivity contribution in [2.24, 2.45) is 0 Å². The maximum Gasteiger partial charge on any atom is 0.161 e. The number of nitrogens with zero attached hydrogens (tertiary/aromatic N) is 1. The van der Waals surface area contributed by atoms with Crippen molar-refractivity contribution in [2.75, 3.05) is 26.9 Å². The molecule has 3 rings (SSSR count). The molecule has 1 aliphatic rings. The van der Waals surface area contributed by atoms with E-state index in [4.69, 9.17) is 14.2 Å². The number of ether oxygens (including phenoxy) is 3. The van der Waals surface area contributed by atoms with Crippen LogP contribution in [0, 0.1) is 0 Å². The SMILES string of the molecule is CCCOc1ccc(CN2CCC[C@H]2c2ccc(OC)cc2)cc1OCC. The van der Waals surface area contributed by atoms with Crippen LogP contribution in [-0.4, -0.2) is 31.8 Å². The Morgan fingerprint density at radius 1 is 1.00 bits per heavy atom. The van der Waals surface area contributed by atoms with Gasteiger partial charge in [-0.3, -0.25) is 4.90 Å². The van der Waals surface area contributed by atoms with Crippen molar-refractivity contribution >= 4 is 0 Å². The lowest BCUT2D eigenvalue weighted by Gasteiger charge is -2.25. The van der Waals surface area contributed by atoms with Crippen LogP contribution in [0.15, 0.2) is 42.5 Å². The number of methoxy groups -OCH3 is 1. The summed E-state index contributed by atoms with van der Waals surface area (Å²) in [5.74, 6) is 2.60. The molecule has 146 valence electrons. The highest BCUT2D eigenvalue weighted by molar-refractivity contribution is 5.43. The molecule has 1 atom stereocenters. The quantitative estimate of drug-likeness (QED) is 0.606. The van der Waals surface area contributed by atoms with Crippen molar-refractivity contribution < 1.29 is 14.2 Å². The van der Waals surface area contributed by atoms with Gasteiger partial charge in [0.25, 0.3) is 0 Å². The molecule has 1 heterocycles. The summed E-state index contributed by atoms with van der Waals surface area (Å²) in [5.41, 5.74) is 2.63. The summed E-state index contributed by atoms with van der Waals surface area (Å²) >= 11 is 0. The number of hydrogen-bond acceptors (Lipinski definition) is 4. The monoisotopic (exact) mass is 369 g/mol. The zero-order chi connectivity index (χ0) is 19.1. The van der Waals surface area contributed by atoms with Crippen LogP contribution in [-0.2, 0) is 6.54 Å². The van der Waals surface area contributed by atoms with E-state index >= 15 is 0 Å². The van der Waals surface area contributed by atoms with Crippen molar-refractivity contribution in [3.8, 4) is 17.2 Å². The number of hydrogen-bond donors (Lipinski definition) is 0. The Balaban J connectivity index is 1.73. The molecule has 0 saturated carbocycles. The third kappa shape index (κ3) is 4.95. The molecule has 2 aromatic carbocycles. The molecule has 0 bridgehead atoms. The average molecular weight is 370 g/mol. The molecule has 1 aliphatic heterocycles. The predicted octanol–water partition coefficient (Wildman–Crippen LogP) is 5.22. The van der Waals surface area contributed by atoms with Crippen LogP contribution in [0.4, 0.5) is 0 Å². The molecule has 0 radical (unpaired) electrons. The van der Waals surface area contributed by atoms with Crippen LogP contribution in [0.1, 0.15) is 50.3 Å². The topological polar surface area (TPSA) is 30.9 Å². The van der Waals surface area contributed by atoms with E-state index < -0.39 is 0 Å². The second-order valence-corrected chi connectivity index (χ2v) is 6.96. The smallest absolute Gasteiger partial charge is 0.161 e. The fourth-order valence-electron chi connectivity index (χ4n) is 3.70. The van der Waals surface area contributed by atoms with Crippen molar-refractivity contribution in [1.29, 1.82) is 0 Å². The minimum absolute atomic E-state index is 0.461. The van der Waals surface area contributed by atoms with Gasteiger partial charge in [0.2, 0.25) is 0 Å². The Morgan fingerprint density at radius 2 is 1.81 bits per heavy atom. The Labute approximate surface area is 163 Å². The molecule has 0 aliphatic carbocycles. The largest absolute Gasteiger partial charge is 0.497 e. The van der Waals surface area contributed by atoms with Gasteiger partial charge < -0.3 is 14.2 Å². The first-order valence-electron chi connectivity index (χ1n) is 10.0. The molecule has 4 heteroatoms. The summed E-state index contributed by atoms with van der Waals surface area (Å²) in [4.78, 5) is 2.56. The lowest BCUT2D eigenvalue weighted by molar-refractivity contribution is 0.246. The molecule has 1 fully saturated rings. The summed E-state index contributed by atoms with van der Waals surface area (Å²) in [5, 5.41) is 0. The van der Waals surface area contributed by atoms with Gasteiger partial charge in [-0.05, 0) is 68.1 Å². The van der Waals surface area contributed by atoms with E-state index in [1.165, 1.54) is 24.0 Å². The minimum atomic E-state index is 0.461. The van der Waals surface area contributed by atoms with Gasteiger partial charge in [-0.15, -0.1) is 0 Å². The summed E-state index contributed by atoms with van der Waals surface area (Å²) in [6.07, 6.45) is 3.42. The molecule has 2 aromatic rings. The molecule has 1 saturated heterocycles. The fraction of sp³-hybridized carbons (Fsp3) is 0.478. The second kappa shape index (κ2) is 9.65. The van der Waals surface area contributed by atoms with E-state index in [9.17, 15) is 0 Å². The van der Waals surface area contributed by atoms with Gasteiger partial charge in [-0.2, -0.15) is 0 Å². The molecule has 0 aromatic heterocycles. The summed E-state index contributed by atoms with van der Waals surface area (Å²) < 4.78 is 16.9. The number of likely N-dealkylation sites (tertiary alicyclic amines) is 1. The maximum atomic E-state index is 5.83. The first kappa shape index (κ1) is 19.6. The van der Waals surface area contributed by atoms with Crippen LogP contribution in [0.5, 0.6) is 17.2 Å². The highest BCUT2D eigenvalue weighted by atomic mass is 16.5. The van der Waals surface area contributed by atoms with E-state index in [0.29, 0.717) is 19.3 Å². The average Bonchev–Trinajstić information content (AvgIpc) is 3.16. The highest BCUT2D eigenvalue weighted by Gasteiger charge is 2.26. The standard InChI is InChI=1S/C23H31NO3/c1-4-15-27-22-13-8-18(16-23(22)26-5-2)17-24-14-6-7-21(24)19-9-11-20(25-3)12-10-19/h8-13,16,21H,4-7,14-15,17H2,1-3H3/t21-/m0/s1.